The molecule has 1 unspecified atom stereocenters. The van der Waals surface area contributed by atoms with Crippen LogP contribution in [0.4, 0.5) is 0 Å². The van der Waals surface area contributed by atoms with E-state index in [1.165, 1.54) is 0 Å². The number of rotatable bonds is 11. The number of hydrogen-bond acceptors (Lipinski definition) is 3. The molecule has 0 aliphatic rings. The monoisotopic (exact) mass is 245 g/mol. The summed E-state index contributed by atoms with van der Waals surface area (Å²) in [5.41, 5.74) is 0. The molecule has 0 saturated carbocycles. The van der Waals surface area contributed by atoms with Gasteiger partial charge < -0.3 is 14.8 Å². The molecule has 1 atom stereocenters. The summed E-state index contributed by atoms with van der Waals surface area (Å²) in [5.74, 6) is 1.23. The van der Waals surface area contributed by atoms with E-state index in [0.717, 1.165) is 26.1 Å². The summed E-state index contributed by atoms with van der Waals surface area (Å²) in [5, 5.41) is 3.45. The van der Waals surface area contributed by atoms with Gasteiger partial charge in [0, 0.05) is 13.2 Å². The predicted octanol–water partition coefficient (Wildman–Crippen LogP) is 2.70. The lowest BCUT2D eigenvalue weighted by Gasteiger charge is -2.22. The normalized spacial score (nSPS) is 13.6. The van der Waals surface area contributed by atoms with Crippen molar-refractivity contribution in [2.24, 2.45) is 11.8 Å². The Morgan fingerprint density at radius 1 is 0.941 bits per heavy atom. The van der Waals surface area contributed by atoms with Crippen molar-refractivity contribution >= 4 is 0 Å². The molecule has 17 heavy (non-hydrogen) atoms. The zero-order valence-corrected chi connectivity index (χ0v) is 12.3. The molecular formula is C14H31NO2. The Hall–Kier alpha value is -0.120. The van der Waals surface area contributed by atoms with Gasteiger partial charge in [-0.15, -0.1) is 0 Å². The van der Waals surface area contributed by atoms with E-state index >= 15 is 0 Å². The van der Waals surface area contributed by atoms with Crippen molar-refractivity contribution < 1.29 is 9.47 Å². The minimum absolute atomic E-state index is 0.291. The molecule has 104 valence electrons. The van der Waals surface area contributed by atoms with Gasteiger partial charge >= 0.3 is 0 Å². The fourth-order valence-electron chi connectivity index (χ4n) is 1.51. The number of nitrogens with one attached hydrogen (secondary N) is 1. The highest BCUT2D eigenvalue weighted by atomic mass is 16.5. The first-order valence-corrected chi connectivity index (χ1v) is 6.98. The van der Waals surface area contributed by atoms with Crippen LogP contribution in [0, 0.1) is 11.8 Å². The van der Waals surface area contributed by atoms with Gasteiger partial charge in [-0.3, -0.25) is 0 Å². The van der Waals surface area contributed by atoms with Gasteiger partial charge in [0.1, 0.15) is 0 Å². The quantitative estimate of drug-likeness (QED) is 0.568. The van der Waals surface area contributed by atoms with Crippen LogP contribution in [0.15, 0.2) is 0 Å². The van der Waals surface area contributed by atoms with Crippen LogP contribution >= 0.6 is 0 Å². The Labute approximate surface area is 107 Å². The third-order valence-corrected chi connectivity index (χ3v) is 2.55. The molecule has 0 bridgehead atoms. The molecular weight excluding hydrogens is 214 g/mol. The maximum Gasteiger partial charge on any atom is 0.0723 e. The molecule has 0 rings (SSSR count). The summed E-state index contributed by atoms with van der Waals surface area (Å²) in [6.07, 6.45) is 1.36. The van der Waals surface area contributed by atoms with Crippen molar-refractivity contribution in [1.29, 1.82) is 0 Å². The van der Waals surface area contributed by atoms with Gasteiger partial charge in [0.15, 0.2) is 0 Å². The second-order valence-corrected chi connectivity index (χ2v) is 5.32. The smallest absolute Gasteiger partial charge is 0.0723 e. The van der Waals surface area contributed by atoms with Crippen molar-refractivity contribution in [3.8, 4) is 0 Å². The molecule has 3 nitrogen and oxygen atoms in total. The van der Waals surface area contributed by atoms with Crippen molar-refractivity contribution in [3.05, 3.63) is 0 Å². The van der Waals surface area contributed by atoms with Crippen LogP contribution in [-0.2, 0) is 9.47 Å². The highest BCUT2D eigenvalue weighted by molar-refractivity contribution is 4.66. The molecule has 3 heteroatoms. The molecule has 0 heterocycles. The summed E-state index contributed by atoms with van der Waals surface area (Å²) in [6, 6.07) is 0. The van der Waals surface area contributed by atoms with E-state index in [4.69, 9.17) is 9.47 Å². The van der Waals surface area contributed by atoms with Crippen LogP contribution in [-0.4, -0.2) is 39.0 Å². The van der Waals surface area contributed by atoms with Gasteiger partial charge in [-0.2, -0.15) is 0 Å². The van der Waals surface area contributed by atoms with Gasteiger partial charge in [0.05, 0.1) is 19.3 Å². The Bertz CT molecular complexity index is 160. The van der Waals surface area contributed by atoms with Crippen molar-refractivity contribution in [2.45, 2.75) is 47.1 Å². The first kappa shape index (κ1) is 16.9. The van der Waals surface area contributed by atoms with E-state index in [1.807, 2.05) is 0 Å². The largest absolute Gasteiger partial charge is 0.379 e. The molecule has 0 spiro atoms. The van der Waals surface area contributed by atoms with Crippen LogP contribution in [0.3, 0.4) is 0 Å². The van der Waals surface area contributed by atoms with Crippen LogP contribution in [0.5, 0.6) is 0 Å². The second kappa shape index (κ2) is 11.0. The molecule has 0 fully saturated rings. The third-order valence-electron chi connectivity index (χ3n) is 2.55. The molecule has 1 N–H and O–H groups in total. The Balaban J connectivity index is 3.60. The summed E-state index contributed by atoms with van der Waals surface area (Å²) in [4.78, 5) is 0. The molecule has 0 saturated heterocycles. The zero-order chi connectivity index (χ0) is 13.1. The van der Waals surface area contributed by atoms with Gasteiger partial charge in [-0.05, 0) is 24.8 Å². The lowest BCUT2D eigenvalue weighted by Crippen LogP contribution is -2.35. The minimum atomic E-state index is 0.291. The first-order chi connectivity index (χ1) is 8.07. The van der Waals surface area contributed by atoms with Crippen LogP contribution in [0.1, 0.15) is 41.0 Å². The maximum absolute atomic E-state index is 5.84. The summed E-state index contributed by atoms with van der Waals surface area (Å²) < 4.78 is 11.3. The van der Waals surface area contributed by atoms with Crippen molar-refractivity contribution in [1.82, 2.24) is 5.32 Å². The fraction of sp³-hybridized carbons (Fsp3) is 1.00. The van der Waals surface area contributed by atoms with E-state index in [0.29, 0.717) is 31.2 Å². The third kappa shape index (κ3) is 10.7. The molecule has 0 aliphatic heterocycles. The van der Waals surface area contributed by atoms with Gasteiger partial charge in [-0.1, -0.05) is 34.6 Å². The number of hydrogen-bond donors (Lipinski definition) is 1. The highest BCUT2D eigenvalue weighted by Gasteiger charge is 2.13. The van der Waals surface area contributed by atoms with E-state index < -0.39 is 0 Å². The molecule has 0 aromatic carbocycles. The summed E-state index contributed by atoms with van der Waals surface area (Å²) in [7, 11) is 0. The topological polar surface area (TPSA) is 30.5 Å². The highest BCUT2D eigenvalue weighted by Crippen LogP contribution is 2.05. The van der Waals surface area contributed by atoms with E-state index in [9.17, 15) is 0 Å². The van der Waals surface area contributed by atoms with E-state index in [2.05, 4.69) is 39.9 Å². The molecule has 0 aromatic heterocycles. The Morgan fingerprint density at radius 3 is 2.18 bits per heavy atom. The average molecular weight is 245 g/mol. The van der Waals surface area contributed by atoms with E-state index in [-0.39, 0.29) is 0 Å². The SMILES string of the molecule is CCCOCCOC(CNCC(C)C)C(C)C. The summed E-state index contributed by atoms with van der Waals surface area (Å²) in [6.45, 7) is 15.2. The predicted molar refractivity (Wildman–Crippen MR) is 73.4 cm³/mol. The first-order valence-electron chi connectivity index (χ1n) is 6.98. The van der Waals surface area contributed by atoms with Gasteiger partial charge in [0.2, 0.25) is 0 Å². The lowest BCUT2D eigenvalue weighted by molar-refractivity contribution is -0.0140. The number of ether oxygens (including phenoxy) is 2. The van der Waals surface area contributed by atoms with Crippen LogP contribution in [0.25, 0.3) is 0 Å². The summed E-state index contributed by atoms with van der Waals surface area (Å²) >= 11 is 0. The molecule has 0 aromatic rings. The Morgan fingerprint density at radius 2 is 1.65 bits per heavy atom. The lowest BCUT2D eigenvalue weighted by atomic mass is 10.1. The zero-order valence-electron chi connectivity index (χ0n) is 12.3. The van der Waals surface area contributed by atoms with Crippen LogP contribution < -0.4 is 5.32 Å². The van der Waals surface area contributed by atoms with Crippen molar-refractivity contribution in [3.63, 3.8) is 0 Å². The second-order valence-electron chi connectivity index (χ2n) is 5.32. The molecule has 0 amide bonds. The van der Waals surface area contributed by atoms with Crippen molar-refractivity contribution in [2.75, 3.05) is 32.9 Å². The van der Waals surface area contributed by atoms with Crippen LogP contribution in [0.2, 0.25) is 0 Å². The minimum Gasteiger partial charge on any atom is -0.379 e. The Kier molecular flexibility index (Phi) is 10.9. The fourth-order valence-corrected chi connectivity index (χ4v) is 1.51. The maximum atomic E-state index is 5.84. The molecule has 0 radical (unpaired) electrons. The van der Waals surface area contributed by atoms with E-state index in [1.54, 1.807) is 0 Å². The van der Waals surface area contributed by atoms with Gasteiger partial charge in [-0.25, -0.2) is 0 Å². The molecule has 0 aliphatic carbocycles. The van der Waals surface area contributed by atoms with Gasteiger partial charge in [0.25, 0.3) is 0 Å². The average Bonchev–Trinajstić information content (AvgIpc) is 2.25. The standard InChI is InChI=1S/C14H31NO2/c1-6-7-16-8-9-17-14(13(4)5)11-15-10-12(2)3/h12-15H,6-11H2,1-5H3.